The number of hydrogen-bond acceptors (Lipinski definition) is 0. The van der Waals surface area contributed by atoms with Gasteiger partial charge in [0.2, 0.25) is 0 Å². The molecule has 0 unspecified atom stereocenters. The number of rotatable bonds is 5. The Morgan fingerprint density at radius 2 is 0.398 bits per heavy atom. The number of benzene rings is 17. The maximum absolute atomic E-state index is 2.36. The molecule has 0 aliphatic heterocycles. The largest absolute Gasteiger partial charge is 0.344 e. The van der Waals surface area contributed by atoms with Crippen molar-refractivity contribution in [3.8, 4) is 44.8 Å². The smallest absolute Gasteiger partial charge is 0.0541 e. The Bertz CT molecular complexity index is 6830. The van der Waals surface area contributed by atoms with Gasteiger partial charge in [0, 0.05) is 119 Å². The number of aromatic nitrogens is 5. The van der Waals surface area contributed by atoms with Crippen LogP contribution in [0.15, 0.2) is 388 Å². The van der Waals surface area contributed by atoms with Gasteiger partial charge < -0.3 is 22.8 Å². The van der Waals surface area contributed by atoms with Crippen molar-refractivity contribution in [3.63, 3.8) is 0 Å². The second kappa shape index (κ2) is 28.4. The molecule has 22 rings (SSSR count). The van der Waals surface area contributed by atoms with Crippen LogP contribution in [0.3, 0.4) is 0 Å². The van der Waals surface area contributed by atoms with Gasteiger partial charge in [-0.2, -0.15) is 0 Å². The van der Waals surface area contributed by atoms with Crippen LogP contribution in [0.5, 0.6) is 0 Å². The summed E-state index contributed by atoms with van der Waals surface area (Å²) >= 11 is 0. The summed E-state index contributed by atoms with van der Waals surface area (Å²) in [6.07, 6.45) is 0. The van der Waals surface area contributed by atoms with Crippen LogP contribution in [0.1, 0.15) is 11.1 Å². The highest BCUT2D eigenvalue weighted by Gasteiger charge is 2.17. The Hall–Kier alpha value is -13.7. The zero-order chi connectivity index (χ0) is 72.8. The second-order valence-electron chi connectivity index (χ2n) is 28.3. The Kier molecular flexibility index (Phi) is 17.4. The van der Waals surface area contributed by atoms with Crippen LogP contribution in [-0.2, 0) is 21.1 Å². The molecular weight excluding hydrogens is 1310 g/mol. The lowest BCUT2D eigenvalue weighted by atomic mass is 10.0. The van der Waals surface area contributed by atoms with Crippen LogP contribution < -0.4 is 0 Å². The van der Waals surface area contributed by atoms with Gasteiger partial charge in [0.05, 0.1) is 22.1 Å². The fourth-order valence-electron chi connectivity index (χ4n) is 16.3. The summed E-state index contributed by atoms with van der Waals surface area (Å²) in [6.45, 7) is 4.31. The molecule has 0 amide bonds. The predicted octanol–water partition coefficient (Wildman–Crippen LogP) is 27.5. The third-order valence-electron chi connectivity index (χ3n) is 21.7. The first-order chi connectivity index (χ1) is 53.1. The van der Waals surface area contributed by atoms with E-state index in [1.807, 2.05) is 0 Å². The van der Waals surface area contributed by atoms with Gasteiger partial charge in [0.15, 0.2) is 0 Å². The van der Waals surface area contributed by atoms with E-state index in [1.54, 1.807) is 0 Å². The number of nitrogens with zero attached hydrogens (tertiary/aromatic N) is 5. The van der Waals surface area contributed by atoms with E-state index in [0.717, 1.165) is 0 Å². The van der Waals surface area contributed by atoms with Crippen molar-refractivity contribution in [2.45, 2.75) is 13.8 Å². The van der Waals surface area contributed by atoms with E-state index >= 15 is 0 Å². The molecule has 22 aromatic rings. The van der Waals surface area contributed by atoms with E-state index in [2.05, 4.69) is 446 Å². The van der Waals surface area contributed by atoms with E-state index in [-0.39, 0.29) is 0 Å². The summed E-state index contributed by atoms with van der Waals surface area (Å²) in [4.78, 5) is 0. The highest BCUT2D eigenvalue weighted by molar-refractivity contribution is 6.17. The third kappa shape index (κ3) is 12.3. The van der Waals surface area contributed by atoms with Gasteiger partial charge in [-0.25, -0.2) is 0 Å². The molecule has 0 atom stereocenters. The number of fused-ring (bicyclic) bond motifs is 17. The van der Waals surface area contributed by atoms with Crippen LogP contribution in [0.2, 0.25) is 0 Å². The fraction of sp³-hybridized carbons (Fsp3) is 0.0485. The van der Waals surface area contributed by atoms with E-state index in [1.165, 1.54) is 186 Å². The van der Waals surface area contributed by atoms with Crippen molar-refractivity contribution in [2.24, 2.45) is 21.1 Å². The lowest BCUT2D eigenvalue weighted by Gasteiger charge is -2.08. The summed E-state index contributed by atoms with van der Waals surface area (Å²) in [5.41, 5.74) is 25.3. The third-order valence-corrected chi connectivity index (χ3v) is 21.7. The molecule has 108 heavy (non-hydrogen) atoms. The minimum absolute atomic E-state index is 1.20. The van der Waals surface area contributed by atoms with Crippen LogP contribution in [0, 0.1) is 13.8 Å². The average Bonchev–Trinajstić information content (AvgIpc) is 1.59. The van der Waals surface area contributed by atoms with Crippen molar-refractivity contribution in [3.05, 3.63) is 399 Å². The van der Waals surface area contributed by atoms with Gasteiger partial charge in [0.25, 0.3) is 0 Å². The molecule has 5 nitrogen and oxygen atoms in total. The summed E-state index contributed by atoms with van der Waals surface area (Å²) in [6, 6.07) is 139. The predicted molar refractivity (Wildman–Crippen MR) is 464 cm³/mol. The van der Waals surface area contributed by atoms with Gasteiger partial charge in [-0.15, -0.1) is 0 Å². The molecule has 0 saturated carbocycles. The Labute approximate surface area is 628 Å². The first-order valence-electron chi connectivity index (χ1n) is 37.2. The first kappa shape index (κ1) is 66.2. The standard InChI is InChI=1S/2C25H19N.C21H15N.C19H15N.C13H11N/c1-26-24-14-12-20(18-8-4-2-5-9-18)16-22(24)23-17-21(13-15-25(23)26)19-10-6-3-7-11-19;1-18-12-14-24-22(16-18)23-17-20(19-8-4-2-5-9-19)13-15-25(23)26(24)21-10-6-3-7-11-21;1-22-20-12-16-8-4-2-6-14(16)10-18(20)19-11-15-7-3-5-9-17(15)13-21(19)22;1-14-11-12-19-17(13-14)16-9-5-6-10-18(16)20(19)15-7-3-2-4-8-15;1-14-12-8-4-2-6-10(12)11-7-3-5-9-13(11)14/h2*2-17H,1H3;2-13H,1H3;2-13H,1H3;2-9H,1H3. The van der Waals surface area contributed by atoms with E-state index in [0.29, 0.717) is 0 Å². The minimum atomic E-state index is 1.20. The summed E-state index contributed by atoms with van der Waals surface area (Å²) in [5.74, 6) is 0. The quantitative estimate of drug-likeness (QED) is 0.164. The molecule has 0 spiro atoms. The molecule has 0 aliphatic carbocycles. The molecule has 0 aliphatic rings. The summed E-state index contributed by atoms with van der Waals surface area (Å²) < 4.78 is 11.5. The molecule has 17 aromatic carbocycles. The van der Waals surface area contributed by atoms with Crippen LogP contribution in [-0.4, -0.2) is 22.8 Å². The number of para-hydroxylation sites is 5. The molecule has 5 heterocycles. The van der Waals surface area contributed by atoms with E-state index in [4.69, 9.17) is 0 Å². The molecule has 0 bridgehead atoms. The second-order valence-corrected chi connectivity index (χ2v) is 28.3. The molecule has 5 heteroatoms. The Morgan fingerprint density at radius 1 is 0.157 bits per heavy atom. The Morgan fingerprint density at radius 3 is 0.787 bits per heavy atom. The van der Waals surface area contributed by atoms with E-state index in [9.17, 15) is 0 Å². The Balaban J connectivity index is 0.0000000964. The monoisotopic (exact) mass is 1390 g/mol. The maximum atomic E-state index is 2.36. The SMILES string of the molecule is Cc1ccc2c(c1)c1cc(-c3ccccc3)ccc1n2-c1ccccc1.Cc1ccc2c(c1)c1ccccc1n2-c1ccccc1.Cn1c2cc3ccccc3cc2c2cc3ccccc3cc21.Cn1c2ccc(-c3ccccc3)cc2c2cc(-c3ccccc3)ccc21.Cn1c2ccccc2c2ccccc21. The molecule has 0 radical (unpaired) electrons. The molecule has 516 valence electrons. The van der Waals surface area contributed by atoms with Gasteiger partial charge in [-0.05, 0) is 196 Å². The highest BCUT2D eigenvalue weighted by atomic mass is 15.0. The van der Waals surface area contributed by atoms with Crippen LogP contribution in [0.25, 0.3) is 175 Å². The number of aryl methyl sites for hydroxylation is 5. The van der Waals surface area contributed by atoms with Crippen LogP contribution >= 0.6 is 0 Å². The molecule has 0 fully saturated rings. The summed E-state index contributed by atoms with van der Waals surface area (Å²) in [5, 5.41) is 18.4. The average molecular weight is 1390 g/mol. The molecule has 0 N–H and O–H groups in total. The van der Waals surface area contributed by atoms with Crippen LogP contribution in [0.4, 0.5) is 0 Å². The van der Waals surface area contributed by atoms with Crippen molar-refractivity contribution >= 4 is 131 Å². The van der Waals surface area contributed by atoms with Gasteiger partial charge in [-0.1, -0.05) is 272 Å². The van der Waals surface area contributed by atoms with Crippen molar-refractivity contribution in [2.75, 3.05) is 0 Å². The first-order valence-corrected chi connectivity index (χ1v) is 37.2. The zero-order valence-electron chi connectivity index (χ0n) is 61.2. The lowest BCUT2D eigenvalue weighted by molar-refractivity contribution is 1.01. The van der Waals surface area contributed by atoms with Gasteiger partial charge in [-0.3, -0.25) is 0 Å². The topological polar surface area (TPSA) is 24.6 Å². The highest BCUT2D eigenvalue weighted by Crippen LogP contribution is 2.40. The van der Waals surface area contributed by atoms with Gasteiger partial charge >= 0.3 is 0 Å². The van der Waals surface area contributed by atoms with Crippen molar-refractivity contribution in [1.29, 1.82) is 0 Å². The molecule has 5 aromatic heterocycles. The normalized spacial score (nSPS) is 11.4. The lowest BCUT2D eigenvalue weighted by Crippen LogP contribution is -1.93. The van der Waals surface area contributed by atoms with Crippen molar-refractivity contribution in [1.82, 2.24) is 22.8 Å². The minimum Gasteiger partial charge on any atom is -0.344 e. The zero-order valence-corrected chi connectivity index (χ0v) is 61.2. The van der Waals surface area contributed by atoms with Crippen molar-refractivity contribution < 1.29 is 0 Å². The summed E-state index contributed by atoms with van der Waals surface area (Å²) in [7, 11) is 6.42. The molecule has 0 saturated heterocycles. The molecular formula is C103H79N5. The fourth-order valence-corrected chi connectivity index (χ4v) is 16.3. The number of hydrogen-bond donors (Lipinski definition) is 0. The van der Waals surface area contributed by atoms with Gasteiger partial charge in [0.1, 0.15) is 0 Å². The maximum Gasteiger partial charge on any atom is 0.0541 e. The van der Waals surface area contributed by atoms with E-state index < -0.39 is 0 Å².